The van der Waals surface area contributed by atoms with Gasteiger partial charge in [0.15, 0.2) is 0 Å². The van der Waals surface area contributed by atoms with E-state index in [2.05, 4.69) is 16.1 Å². The predicted octanol–water partition coefficient (Wildman–Crippen LogP) is 1.60. The molecule has 1 fully saturated rings. The van der Waals surface area contributed by atoms with E-state index < -0.39 is 0 Å². The molecule has 1 amide bonds. The number of aryl methyl sites for hydroxylation is 2. The zero-order valence-electron chi connectivity index (χ0n) is 15.0. The highest BCUT2D eigenvalue weighted by molar-refractivity contribution is 7.99. The molecule has 0 radical (unpaired) electrons. The van der Waals surface area contributed by atoms with Gasteiger partial charge in [0.1, 0.15) is 5.76 Å². The molecule has 0 spiro atoms. The Kier molecular flexibility index (Phi) is 8.25. The number of rotatable bonds is 9. The van der Waals surface area contributed by atoms with Crippen LogP contribution in [-0.4, -0.2) is 72.6 Å². The fourth-order valence-electron chi connectivity index (χ4n) is 2.67. The molecule has 1 aliphatic heterocycles. The third-order valence-electron chi connectivity index (χ3n) is 4.29. The van der Waals surface area contributed by atoms with Crippen molar-refractivity contribution < 1.29 is 14.1 Å². The van der Waals surface area contributed by atoms with Crippen molar-refractivity contribution in [3.63, 3.8) is 0 Å². The topological polar surface area (TPSA) is 82.6 Å². The Morgan fingerprint density at radius 3 is 2.76 bits per heavy atom. The molecule has 0 N–H and O–H groups in total. The van der Waals surface area contributed by atoms with Gasteiger partial charge < -0.3 is 14.2 Å². The van der Waals surface area contributed by atoms with Gasteiger partial charge in [-0.15, -0.1) is 11.8 Å². The zero-order chi connectivity index (χ0) is 18.1. The smallest absolute Gasteiger partial charge is 0.232 e. The summed E-state index contributed by atoms with van der Waals surface area (Å²) in [5.41, 5.74) is 1.95. The van der Waals surface area contributed by atoms with Crippen LogP contribution >= 0.6 is 11.8 Å². The van der Waals surface area contributed by atoms with E-state index in [1.165, 1.54) is 0 Å². The van der Waals surface area contributed by atoms with Crippen LogP contribution < -0.4 is 0 Å². The normalized spacial score (nSPS) is 15.1. The Balaban J connectivity index is 1.79. The maximum Gasteiger partial charge on any atom is 0.232 e. The molecule has 138 valence electrons. The van der Waals surface area contributed by atoms with Crippen LogP contribution in [-0.2, 0) is 15.3 Å². The molecule has 1 aromatic rings. The first-order valence-corrected chi connectivity index (χ1v) is 9.71. The van der Waals surface area contributed by atoms with Gasteiger partial charge in [-0.2, -0.15) is 5.26 Å². The highest BCUT2D eigenvalue weighted by atomic mass is 32.2. The lowest BCUT2D eigenvalue weighted by Crippen LogP contribution is -2.43. The van der Waals surface area contributed by atoms with E-state index in [0.717, 1.165) is 49.9 Å². The summed E-state index contributed by atoms with van der Waals surface area (Å²) in [6.07, 6.45) is 0.364. The molecule has 0 aliphatic carbocycles. The number of carbonyl (C=O) groups is 1. The summed E-state index contributed by atoms with van der Waals surface area (Å²) in [6.45, 7) is 9.09. The predicted molar refractivity (Wildman–Crippen MR) is 96.2 cm³/mol. The van der Waals surface area contributed by atoms with Gasteiger partial charge in [0, 0.05) is 44.0 Å². The van der Waals surface area contributed by atoms with E-state index in [4.69, 9.17) is 14.5 Å². The lowest BCUT2D eigenvalue weighted by atomic mass is 10.2. The molecule has 0 bridgehead atoms. The fraction of sp³-hybridized carbons (Fsp3) is 0.706. The van der Waals surface area contributed by atoms with E-state index >= 15 is 0 Å². The number of carbonyl (C=O) groups excluding carboxylic acids is 1. The molecule has 2 rings (SSSR count). The van der Waals surface area contributed by atoms with Crippen LogP contribution in [0, 0.1) is 25.2 Å². The van der Waals surface area contributed by atoms with E-state index in [9.17, 15) is 4.79 Å². The van der Waals surface area contributed by atoms with Gasteiger partial charge in [0.05, 0.1) is 37.2 Å². The van der Waals surface area contributed by atoms with Gasteiger partial charge in [-0.25, -0.2) is 0 Å². The maximum atomic E-state index is 12.5. The number of amides is 1. The summed E-state index contributed by atoms with van der Waals surface area (Å²) in [7, 11) is 0. The largest absolute Gasteiger partial charge is 0.379 e. The highest BCUT2D eigenvalue weighted by Gasteiger charge is 2.17. The summed E-state index contributed by atoms with van der Waals surface area (Å²) in [5, 5.41) is 12.8. The molecule has 2 heterocycles. The summed E-state index contributed by atoms with van der Waals surface area (Å²) in [6, 6.07) is 2.13. The average Bonchev–Trinajstić information content (AvgIpc) is 2.94. The number of nitriles is 1. The number of nitrogens with zero attached hydrogens (tertiary/aromatic N) is 4. The second-order valence-corrected chi connectivity index (χ2v) is 7.02. The van der Waals surface area contributed by atoms with E-state index in [-0.39, 0.29) is 5.91 Å². The highest BCUT2D eigenvalue weighted by Crippen LogP contribution is 2.19. The van der Waals surface area contributed by atoms with Gasteiger partial charge in [-0.3, -0.25) is 9.69 Å². The van der Waals surface area contributed by atoms with Crippen molar-refractivity contribution in [2.45, 2.75) is 26.0 Å². The summed E-state index contributed by atoms with van der Waals surface area (Å²) < 4.78 is 10.5. The number of hydrogen-bond donors (Lipinski definition) is 0. The van der Waals surface area contributed by atoms with Crippen LogP contribution in [0.25, 0.3) is 0 Å². The van der Waals surface area contributed by atoms with Crippen LogP contribution in [0.15, 0.2) is 4.52 Å². The van der Waals surface area contributed by atoms with Gasteiger partial charge in [0.25, 0.3) is 0 Å². The van der Waals surface area contributed by atoms with E-state index in [0.29, 0.717) is 31.0 Å². The van der Waals surface area contributed by atoms with Gasteiger partial charge >= 0.3 is 0 Å². The van der Waals surface area contributed by atoms with Gasteiger partial charge in [-0.1, -0.05) is 5.16 Å². The lowest BCUT2D eigenvalue weighted by molar-refractivity contribution is -0.128. The van der Waals surface area contributed by atoms with Crippen molar-refractivity contribution in [2.75, 3.05) is 51.7 Å². The van der Waals surface area contributed by atoms with Crippen molar-refractivity contribution in [3.05, 3.63) is 17.0 Å². The first-order valence-electron chi connectivity index (χ1n) is 8.56. The second-order valence-electron chi connectivity index (χ2n) is 6.04. The number of ether oxygens (including phenoxy) is 1. The molecule has 1 saturated heterocycles. The molecule has 1 aromatic heterocycles. The molecule has 0 saturated carbocycles. The molecule has 0 unspecified atom stereocenters. The third-order valence-corrected chi connectivity index (χ3v) is 5.23. The first kappa shape index (κ1) is 19.8. The monoisotopic (exact) mass is 366 g/mol. The Morgan fingerprint density at radius 1 is 1.36 bits per heavy atom. The molecule has 0 aromatic carbocycles. The van der Waals surface area contributed by atoms with Crippen LogP contribution in [0.3, 0.4) is 0 Å². The van der Waals surface area contributed by atoms with E-state index in [1.807, 2.05) is 13.8 Å². The van der Waals surface area contributed by atoms with Crippen molar-refractivity contribution in [3.8, 4) is 6.07 Å². The fourth-order valence-corrected chi connectivity index (χ4v) is 3.75. The molecular formula is C17H26N4O3S. The Hall–Kier alpha value is -1.56. The number of morpholine rings is 1. The molecule has 1 aliphatic rings. The van der Waals surface area contributed by atoms with E-state index in [1.54, 1.807) is 16.7 Å². The van der Waals surface area contributed by atoms with Gasteiger partial charge in [0.2, 0.25) is 5.91 Å². The lowest BCUT2D eigenvalue weighted by Gasteiger charge is -2.29. The van der Waals surface area contributed by atoms with Crippen molar-refractivity contribution in [1.29, 1.82) is 5.26 Å². The SMILES string of the molecule is Cc1noc(C)c1CSCC(=O)N(CCC#N)CCN1CCOCC1. The summed E-state index contributed by atoms with van der Waals surface area (Å²) in [4.78, 5) is 16.6. The second kappa shape index (κ2) is 10.4. The zero-order valence-corrected chi connectivity index (χ0v) is 15.8. The number of thioether (sulfide) groups is 1. The molecular weight excluding hydrogens is 340 g/mol. The summed E-state index contributed by atoms with van der Waals surface area (Å²) >= 11 is 1.56. The minimum atomic E-state index is 0.0836. The standard InChI is InChI=1S/C17H26N4O3S/c1-14-16(15(2)24-19-14)12-25-13-17(22)21(5-3-4-18)7-6-20-8-10-23-11-9-20/h3,5-13H2,1-2H3. The maximum absolute atomic E-state index is 12.5. The third kappa shape index (κ3) is 6.34. The van der Waals surface area contributed by atoms with Crippen molar-refractivity contribution >= 4 is 17.7 Å². The molecule has 0 atom stereocenters. The minimum Gasteiger partial charge on any atom is -0.379 e. The van der Waals surface area contributed by atoms with Crippen LogP contribution in [0.5, 0.6) is 0 Å². The Labute approximate surface area is 153 Å². The Morgan fingerprint density at radius 2 is 2.12 bits per heavy atom. The van der Waals surface area contributed by atoms with Crippen LogP contribution in [0.1, 0.15) is 23.4 Å². The van der Waals surface area contributed by atoms with Crippen LogP contribution in [0.4, 0.5) is 0 Å². The van der Waals surface area contributed by atoms with Crippen LogP contribution in [0.2, 0.25) is 0 Å². The summed E-state index contributed by atoms with van der Waals surface area (Å²) in [5.74, 6) is 2.01. The number of hydrogen-bond acceptors (Lipinski definition) is 7. The Bertz CT molecular complexity index is 574. The quantitative estimate of drug-likeness (QED) is 0.656. The van der Waals surface area contributed by atoms with Gasteiger partial charge in [-0.05, 0) is 13.8 Å². The molecule has 25 heavy (non-hydrogen) atoms. The molecule has 8 heteroatoms. The number of aromatic nitrogens is 1. The molecule has 7 nitrogen and oxygen atoms in total. The minimum absolute atomic E-state index is 0.0836. The van der Waals surface area contributed by atoms with Crippen molar-refractivity contribution in [1.82, 2.24) is 15.0 Å². The van der Waals surface area contributed by atoms with Crippen molar-refractivity contribution in [2.24, 2.45) is 0 Å². The average molecular weight is 366 g/mol. The first-order chi connectivity index (χ1) is 12.1.